The molecule has 21 heavy (non-hydrogen) atoms. The molecule has 1 aromatic carbocycles. The van der Waals surface area contributed by atoms with E-state index in [9.17, 15) is 14.9 Å². The topological polar surface area (TPSA) is 75.5 Å². The van der Waals surface area contributed by atoms with E-state index >= 15 is 0 Å². The molecule has 1 N–H and O–H groups in total. The Balaban J connectivity index is 2.22. The maximum absolute atomic E-state index is 12.6. The van der Waals surface area contributed by atoms with E-state index in [-0.39, 0.29) is 22.7 Å². The van der Waals surface area contributed by atoms with Crippen molar-refractivity contribution in [2.24, 2.45) is 0 Å². The van der Waals surface area contributed by atoms with Crippen LogP contribution in [0.25, 0.3) is 0 Å². The van der Waals surface area contributed by atoms with Gasteiger partial charge in [-0.15, -0.1) is 0 Å². The van der Waals surface area contributed by atoms with Crippen LogP contribution in [-0.4, -0.2) is 41.4 Å². The molecule has 1 aliphatic heterocycles. The number of carbonyl (C=O) groups excluding carboxylic acids is 1. The summed E-state index contributed by atoms with van der Waals surface area (Å²) in [5.41, 5.74) is 0.955. The number of rotatable bonds is 3. The summed E-state index contributed by atoms with van der Waals surface area (Å²) in [6.45, 7) is 5.18. The van der Waals surface area contributed by atoms with E-state index in [1.165, 1.54) is 6.07 Å². The van der Waals surface area contributed by atoms with E-state index in [0.29, 0.717) is 13.1 Å². The van der Waals surface area contributed by atoms with E-state index in [0.717, 1.165) is 18.4 Å². The Morgan fingerprint density at radius 2 is 2.00 bits per heavy atom. The molecule has 1 saturated heterocycles. The fourth-order valence-electron chi connectivity index (χ4n) is 2.60. The third-order valence-electron chi connectivity index (χ3n) is 4.34. The highest BCUT2D eigenvalue weighted by Crippen LogP contribution is 2.26. The summed E-state index contributed by atoms with van der Waals surface area (Å²) in [7, 11) is 1.92. The Labute approximate surface area is 124 Å². The van der Waals surface area contributed by atoms with E-state index in [4.69, 9.17) is 0 Å². The van der Waals surface area contributed by atoms with Gasteiger partial charge in [0.25, 0.3) is 11.6 Å². The van der Waals surface area contributed by atoms with E-state index in [1.54, 1.807) is 17.0 Å². The standard InChI is InChI=1S/C15H21N3O3/c1-11-4-5-13(18(20)21)12(10-11)14(19)17-8-6-15(2,16-3)7-9-17/h4-5,10,16H,6-9H2,1-3H3. The number of amides is 1. The van der Waals surface area contributed by atoms with Crippen molar-refractivity contribution < 1.29 is 9.72 Å². The zero-order valence-corrected chi connectivity index (χ0v) is 12.7. The van der Waals surface area contributed by atoms with Crippen molar-refractivity contribution in [3.63, 3.8) is 0 Å². The van der Waals surface area contributed by atoms with Crippen molar-refractivity contribution in [2.45, 2.75) is 32.2 Å². The van der Waals surface area contributed by atoms with Gasteiger partial charge in [-0.2, -0.15) is 0 Å². The van der Waals surface area contributed by atoms with Crippen molar-refractivity contribution in [3.8, 4) is 0 Å². The molecule has 1 aromatic rings. The average molecular weight is 291 g/mol. The molecule has 0 spiro atoms. The minimum absolute atomic E-state index is 0.0370. The summed E-state index contributed by atoms with van der Waals surface area (Å²) in [6.07, 6.45) is 1.68. The van der Waals surface area contributed by atoms with Crippen LogP contribution in [0.2, 0.25) is 0 Å². The molecule has 0 saturated carbocycles. The summed E-state index contributed by atoms with van der Waals surface area (Å²) in [5.74, 6) is -0.247. The number of benzene rings is 1. The number of nitro groups is 1. The first-order chi connectivity index (χ1) is 9.86. The van der Waals surface area contributed by atoms with Gasteiger partial charge in [-0.25, -0.2) is 0 Å². The predicted molar refractivity (Wildman–Crippen MR) is 80.4 cm³/mol. The zero-order chi connectivity index (χ0) is 15.6. The first kappa shape index (κ1) is 15.4. The lowest BCUT2D eigenvalue weighted by molar-refractivity contribution is -0.385. The number of nitrogens with zero attached hydrogens (tertiary/aromatic N) is 2. The minimum atomic E-state index is -0.492. The molecule has 1 fully saturated rings. The van der Waals surface area contributed by atoms with Crippen molar-refractivity contribution >= 4 is 11.6 Å². The van der Waals surface area contributed by atoms with Crippen LogP contribution in [0.4, 0.5) is 5.69 Å². The number of hydrogen-bond acceptors (Lipinski definition) is 4. The van der Waals surface area contributed by atoms with Crippen LogP contribution in [-0.2, 0) is 0 Å². The highest BCUT2D eigenvalue weighted by Gasteiger charge is 2.32. The Morgan fingerprint density at radius 1 is 1.38 bits per heavy atom. The molecule has 1 heterocycles. The van der Waals surface area contributed by atoms with Crippen LogP contribution in [0.5, 0.6) is 0 Å². The summed E-state index contributed by atoms with van der Waals surface area (Å²) in [4.78, 5) is 24.9. The van der Waals surface area contributed by atoms with E-state index in [2.05, 4.69) is 12.2 Å². The Kier molecular flexibility index (Phi) is 4.27. The number of aryl methyl sites for hydroxylation is 1. The van der Waals surface area contributed by atoms with Crippen LogP contribution in [0.1, 0.15) is 35.7 Å². The lowest BCUT2D eigenvalue weighted by Crippen LogP contribution is -2.51. The molecule has 0 unspecified atom stereocenters. The number of carbonyl (C=O) groups is 1. The molecule has 6 nitrogen and oxygen atoms in total. The number of nitrogens with one attached hydrogen (secondary N) is 1. The molecule has 0 bridgehead atoms. The van der Waals surface area contributed by atoms with Gasteiger partial charge in [-0.3, -0.25) is 14.9 Å². The van der Waals surface area contributed by atoms with Gasteiger partial charge in [-0.05, 0) is 45.4 Å². The van der Waals surface area contributed by atoms with Crippen LogP contribution < -0.4 is 5.32 Å². The van der Waals surface area contributed by atoms with Crippen LogP contribution in [0.15, 0.2) is 18.2 Å². The highest BCUT2D eigenvalue weighted by molar-refractivity contribution is 5.98. The van der Waals surface area contributed by atoms with Crippen molar-refractivity contribution in [1.29, 1.82) is 0 Å². The van der Waals surface area contributed by atoms with Gasteiger partial charge in [0.1, 0.15) is 5.56 Å². The second-order valence-corrected chi connectivity index (χ2v) is 5.88. The monoisotopic (exact) mass is 291 g/mol. The second kappa shape index (κ2) is 5.81. The normalized spacial score (nSPS) is 17.6. The Hall–Kier alpha value is -1.95. The lowest BCUT2D eigenvalue weighted by Gasteiger charge is -2.39. The van der Waals surface area contributed by atoms with Gasteiger partial charge in [0.2, 0.25) is 0 Å². The van der Waals surface area contributed by atoms with Crippen LogP contribution in [0.3, 0.4) is 0 Å². The van der Waals surface area contributed by atoms with E-state index < -0.39 is 4.92 Å². The molecular weight excluding hydrogens is 270 g/mol. The largest absolute Gasteiger partial charge is 0.338 e. The second-order valence-electron chi connectivity index (χ2n) is 5.88. The highest BCUT2D eigenvalue weighted by atomic mass is 16.6. The fraction of sp³-hybridized carbons (Fsp3) is 0.533. The number of hydrogen-bond donors (Lipinski definition) is 1. The van der Waals surface area contributed by atoms with Crippen molar-refractivity contribution in [2.75, 3.05) is 20.1 Å². The van der Waals surface area contributed by atoms with Gasteiger partial charge in [0.15, 0.2) is 0 Å². The molecule has 114 valence electrons. The molecule has 0 aromatic heterocycles. The van der Waals surface area contributed by atoms with Crippen LogP contribution >= 0.6 is 0 Å². The summed E-state index contributed by atoms with van der Waals surface area (Å²) in [6, 6.07) is 4.67. The van der Waals surface area contributed by atoms with Crippen LogP contribution in [0, 0.1) is 17.0 Å². The first-order valence-electron chi connectivity index (χ1n) is 7.09. The minimum Gasteiger partial charge on any atom is -0.338 e. The first-order valence-corrected chi connectivity index (χ1v) is 7.09. The SMILES string of the molecule is CNC1(C)CCN(C(=O)c2cc(C)ccc2[N+](=O)[O-])CC1. The smallest absolute Gasteiger partial charge is 0.282 e. The Bertz CT molecular complexity index is 563. The summed E-state index contributed by atoms with van der Waals surface area (Å²) in [5, 5.41) is 14.4. The number of likely N-dealkylation sites (tertiary alicyclic amines) is 1. The molecule has 0 radical (unpaired) electrons. The Morgan fingerprint density at radius 3 is 2.52 bits per heavy atom. The molecule has 0 aliphatic carbocycles. The molecule has 1 amide bonds. The van der Waals surface area contributed by atoms with Gasteiger partial charge < -0.3 is 10.2 Å². The van der Waals surface area contributed by atoms with Gasteiger partial charge in [0, 0.05) is 24.7 Å². The summed E-state index contributed by atoms with van der Waals surface area (Å²) < 4.78 is 0. The average Bonchev–Trinajstić information content (AvgIpc) is 2.47. The zero-order valence-electron chi connectivity index (χ0n) is 12.7. The molecule has 0 atom stereocenters. The van der Waals surface area contributed by atoms with Crippen molar-refractivity contribution in [3.05, 3.63) is 39.4 Å². The number of nitro benzene ring substituents is 1. The quantitative estimate of drug-likeness (QED) is 0.683. The van der Waals surface area contributed by atoms with Crippen molar-refractivity contribution in [1.82, 2.24) is 10.2 Å². The lowest BCUT2D eigenvalue weighted by atomic mass is 9.89. The fourth-order valence-corrected chi connectivity index (χ4v) is 2.60. The van der Waals surface area contributed by atoms with Gasteiger partial charge in [-0.1, -0.05) is 6.07 Å². The van der Waals surface area contributed by atoms with E-state index in [1.807, 2.05) is 14.0 Å². The van der Waals surface area contributed by atoms with Gasteiger partial charge in [0.05, 0.1) is 4.92 Å². The predicted octanol–water partition coefficient (Wildman–Crippen LogP) is 2.12. The maximum Gasteiger partial charge on any atom is 0.282 e. The third kappa shape index (κ3) is 3.21. The maximum atomic E-state index is 12.6. The third-order valence-corrected chi connectivity index (χ3v) is 4.34. The molecule has 1 aliphatic rings. The summed E-state index contributed by atoms with van der Waals surface area (Å²) >= 11 is 0. The molecule has 6 heteroatoms. The van der Waals surface area contributed by atoms with Gasteiger partial charge >= 0.3 is 0 Å². The number of piperidine rings is 1. The molecular formula is C15H21N3O3. The molecule has 2 rings (SSSR count).